The van der Waals surface area contributed by atoms with Gasteiger partial charge < -0.3 is 9.57 Å². The first kappa shape index (κ1) is 16.1. The molecular weight excluding hydrogens is 336 g/mol. The average molecular weight is 351 g/mol. The minimum absolute atomic E-state index is 0.0861. The Balaban J connectivity index is 1.58. The van der Waals surface area contributed by atoms with Crippen LogP contribution in [0.2, 0.25) is 0 Å². The summed E-state index contributed by atoms with van der Waals surface area (Å²) in [5.41, 5.74) is -1.81. The topological polar surface area (TPSA) is 72.9 Å². The number of fused-ring (bicyclic) bond motifs is 1. The van der Waals surface area contributed by atoms with Gasteiger partial charge in [-0.15, -0.1) is 0 Å². The van der Waals surface area contributed by atoms with Crippen molar-refractivity contribution in [2.75, 3.05) is 13.2 Å². The van der Waals surface area contributed by atoms with Gasteiger partial charge in [0.25, 0.3) is 17.7 Å². The van der Waals surface area contributed by atoms with Crippen molar-refractivity contribution in [1.29, 1.82) is 0 Å². The first-order valence-electron chi connectivity index (χ1n) is 8.04. The molecule has 2 fully saturated rings. The highest BCUT2D eigenvalue weighted by Crippen LogP contribution is 2.67. The molecule has 2 heterocycles. The fourth-order valence-corrected chi connectivity index (χ4v) is 3.74. The van der Waals surface area contributed by atoms with Crippen molar-refractivity contribution in [2.24, 2.45) is 11.3 Å². The monoisotopic (exact) mass is 351 g/mol. The van der Waals surface area contributed by atoms with Crippen LogP contribution in [0.1, 0.15) is 40.0 Å². The number of carbonyl (C=O) groups is 3. The van der Waals surface area contributed by atoms with Crippen molar-refractivity contribution in [3.63, 3.8) is 0 Å². The summed E-state index contributed by atoms with van der Waals surface area (Å²) in [6.07, 6.45) is -0.00765. The van der Waals surface area contributed by atoms with Crippen LogP contribution in [-0.2, 0) is 14.4 Å². The Hall–Kier alpha value is -2.35. The Morgan fingerprint density at radius 2 is 1.64 bits per heavy atom. The van der Waals surface area contributed by atoms with Gasteiger partial charge in [0.05, 0.1) is 11.1 Å². The van der Waals surface area contributed by atoms with E-state index in [2.05, 4.69) is 0 Å². The SMILES string of the molecule is O=C1c2ccccc2C(=O)N1OC(=O)C1(C2CCOCC2)CC1(F)F. The molecule has 1 aromatic rings. The maximum absolute atomic E-state index is 14.1. The summed E-state index contributed by atoms with van der Waals surface area (Å²) in [5.74, 6) is -6.66. The zero-order valence-corrected chi connectivity index (χ0v) is 13.2. The van der Waals surface area contributed by atoms with E-state index in [1.165, 1.54) is 12.1 Å². The summed E-state index contributed by atoms with van der Waals surface area (Å²) in [5, 5.41) is 0.294. The summed E-state index contributed by atoms with van der Waals surface area (Å²) in [6, 6.07) is 5.97. The normalized spacial score (nSPS) is 28.0. The number of hydrogen-bond donors (Lipinski definition) is 0. The molecule has 0 aromatic heterocycles. The van der Waals surface area contributed by atoms with Crippen molar-refractivity contribution >= 4 is 17.8 Å². The van der Waals surface area contributed by atoms with Gasteiger partial charge in [0.2, 0.25) is 0 Å². The van der Waals surface area contributed by atoms with Crippen LogP contribution in [0.15, 0.2) is 24.3 Å². The molecule has 0 spiro atoms. The number of imide groups is 1. The third kappa shape index (κ3) is 2.20. The molecule has 0 radical (unpaired) electrons. The fraction of sp³-hybridized carbons (Fsp3) is 0.471. The molecule has 2 amide bonds. The third-order valence-electron chi connectivity index (χ3n) is 5.24. The van der Waals surface area contributed by atoms with E-state index in [4.69, 9.17) is 9.57 Å². The largest absolute Gasteiger partial charge is 0.381 e. The van der Waals surface area contributed by atoms with Gasteiger partial charge in [-0.1, -0.05) is 17.2 Å². The molecule has 3 aliphatic rings. The van der Waals surface area contributed by atoms with Crippen LogP contribution in [0.3, 0.4) is 0 Å². The molecular formula is C17H15F2NO5. The lowest BCUT2D eigenvalue weighted by atomic mass is 9.82. The molecule has 1 saturated heterocycles. The average Bonchev–Trinajstić information content (AvgIpc) is 3.14. The van der Waals surface area contributed by atoms with Gasteiger partial charge in [-0.2, -0.15) is 0 Å². The van der Waals surface area contributed by atoms with E-state index in [1.807, 2.05) is 0 Å². The minimum atomic E-state index is -3.20. The molecule has 1 atom stereocenters. The zero-order chi connectivity index (χ0) is 17.8. The van der Waals surface area contributed by atoms with Crippen LogP contribution in [0, 0.1) is 11.3 Å². The van der Waals surface area contributed by atoms with Crippen LogP contribution in [-0.4, -0.2) is 42.0 Å². The number of ether oxygens (including phenoxy) is 1. The maximum Gasteiger partial charge on any atom is 0.345 e. The third-order valence-corrected chi connectivity index (χ3v) is 5.24. The Labute approximate surface area is 141 Å². The Kier molecular flexibility index (Phi) is 3.44. The van der Waals surface area contributed by atoms with E-state index >= 15 is 0 Å². The van der Waals surface area contributed by atoms with Crippen molar-refractivity contribution < 1.29 is 32.7 Å². The number of rotatable bonds is 3. The summed E-state index contributed by atoms with van der Waals surface area (Å²) in [6.45, 7) is 0.589. The van der Waals surface area contributed by atoms with Crippen LogP contribution >= 0.6 is 0 Å². The van der Waals surface area contributed by atoms with Gasteiger partial charge in [0.15, 0.2) is 0 Å². The van der Waals surface area contributed by atoms with Crippen molar-refractivity contribution in [3.8, 4) is 0 Å². The van der Waals surface area contributed by atoms with E-state index < -0.39 is 41.5 Å². The Bertz CT molecular complexity index is 739. The number of amides is 2. The molecule has 8 heteroatoms. The second-order valence-electron chi connectivity index (χ2n) is 6.57. The quantitative estimate of drug-likeness (QED) is 0.781. The molecule has 25 heavy (non-hydrogen) atoms. The van der Waals surface area contributed by atoms with Crippen molar-refractivity contribution in [1.82, 2.24) is 5.06 Å². The minimum Gasteiger partial charge on any atom is -0.381 e. The molecule has 0 N–H and O–H groups in total. The lowest BCUT2D eigenvalue weighted by Gasteiger charge is -2.29. The van der Waals surface area contributed by atoms with E-state index in [0.717, 1.165) is 0 Å². The summed E-state index contributed by atoms with van der Waals surface area (Å²) >= 11 is 0. The van der Waals surface area contributed by atoms with Gasteiger partial charge >= 0.3 is 5.97 Å². The molecule has 1 aromatic carbocycles. The Morgan fingerprint density at radius 1 is 1.12 bits per heavy atom. The molecule has 132 valence electrons. The highest BCUT2D eigenvalue weighted by molar-refractivity contribution is 6.21. The van der Waals surface area contributed by atoms with Gasteiger partial charge in [-0.05, 0) is 30.9 Å². The molecule has 2 aliphatic heterocycles. The summed E-state index contributed by atoms with van der Waals surface area (Å²) in [7, 11) is 0. The van der Waals surface area contributed by atoms with Crippen LogP contribution in [0.25, 0.3) is 0 Å². The molecule has 1 unspecified atom stereocenters. The van der Waals surface area contributed by atoms with Gasteiger partial charge in [-0.3, -0.25) is 9.59 Å². The molecule has 1 aliphatic carbocycles. The highest BCUT2D eigenvalue weighted by Gasteiger charge is 2.80. The predicted octanol–water partition coefficient (Wildman–Crippen LogP) is 2.19. The van der Waals surface area contributed by atoms with E-state index in [0.29, 0.717) is 31.1 Å². The summed E-state index contributed by atoms with van der Waals surface area (Å²) in [4.78, 5) is 42.0. The number of halogens is 2. The van der Waals surface area contributed by atoms with Crippen LogP contribution < -0.4 is 0 Å². The number of hydrogen-bond acceptors (Lipinski definition) is 5. The summed E-state index contributed by atoms with van der Waals surface area (Å²) < 4.78 is 33.3. The standard InChI is InChI=1S/C17H15F2NO5/c18-17(19)9-16(17,10-5-7-24-8-6-10)15(23)25-20-13(21)11-3-1-2-4-12(11)14(20)22/h1-4,10H,5-9H2. The number of alkyl halides is 2. The fourth-order valence-electron chi connectivity index (χ4n) is 3.74. The lowest BCUT2D eigenvalue weighted by Crippen LogP contribution is -2.41. The molecule has 4 rings (SSSR count). The number of carbonyl (C=O) groups excluding carboxylic acids is 3. The number of nitrogens with zero attached hydrogens (tertiary/aromatic N) is 1. The van der Waals surface area contributed by atoms with Crippen molar-refractivity contribution in [3.05, 3.63) is 35.4 Å². The lowest BCUT2D eigenvalue weighted by molar-refractivity contribution is -0.184. The van der Waals surface area contributed by atoms with E-state index in [1.54, 1.807) is 12.1 Å². The van der Waals surface area contributed by atoms with Crippen molar-refractivity contribution in [2.45, 2.75) is 25.2 Å². The zero-order valence-electron chi connectivity index (χ0n) is 13.2. The smallest absolute Gasteiger partial charge is 0.345 e. The number of hydroxylamine groups is 2. The van der Waals surface area contributed by atoms with Gasteiger partial charge in [0, 0.05) is 19.6 Å². The van der Waals surface area contributed by atoms with E-state index in [9.17, 15) is 23.2 Å². The number of benzene rings is 1. The molecule has 0 bridgehead atoms. The Morgan fingerprint density at radius 3 is 2.12 bits per heavy atom. The second-order valence-corrected chi connectivity index (χ2v) is 6.57. The molecule has 6 nitrogen and oxygen atoms in total. The van der Waals surface area contributed by atoms with E-state index in [-0.39, 0.29) is 11.1 Å². The maximum atomic E-state index is 14.1. The van der Waals surface area contributed by atoms with Crippen LogP contribution in [0.4, 0.5) is 8.78 Å². The molecule has 1 saturated carbocycles. The van der Waals surface area contributed by atoms with Crippen LogP contribution in [0.5, 0.6) is 0 Å². The predicted molar refractivity (Wildman–Crippen MR) is 78.6 cm³/mol. The highest BCUT2D eigenvalue weighted by atomic mass is 19.3. The first-order valence-corrected chi connectivity index (χ1v) is 8.04. The second kappa shape index (κ2) is 5.32. The van der Waals surface area contributed by atoms with Gasteiger partial charge in [-0.25, -0.2) is 13.6 Å². The first-order chi connectivity index (χ1) is 11.9. The van der Waals surface area contributed by atoms with Gasteiger partial charge in [0.1, 0.15) is 5.41 Å².